The van der Waals surface area contributed by atoms with Gasteiger partial charge in [-0.3, -0.25) is 4.79 Å². The summed E-state index contributed by atoms with van der Waals surface area (Å²) in [7, 11) is 1.91. The highest BCUT2D eigenvalue weighted by Crippen LogP contribution is 2.25. The molecule has 1 aromatic carbocycles. The summed E-state index contributed by atoms with van der Waals surface area (Å²) >= 11 is 5.93. The molecule has 3 aromatic rings. The van der Waals surface area contributed by atoms with Crippen LogP contribution in [0.5, 0.6) is 0 Å². The van der Waals surface area contributed by atoms with Crippen LogP contribution in [-0.4, -0.2) is 38.6 Å². The zero-order chi connectivity index (χ0) is 19.5. The standard InChI is InChI=1S/C21H23ClN4O2/c1-25(17-6-3-2-4-7-17)19(27)14-26-13-5-8-18(26)21-23-20(24-28-21)15-9-11-16(22)12-10-15/h5,8-13,17H,2-4,6-7,14H2,1H3. The zero-order valence-corrected chi connectivity index (χ0v) is 16.6. The van der Waals surface area contributed by atoms with Crippen LogP contribution in [0.2, 0.25) is 5.02 Å². The van der Waals surface area contributed by atoms with Crippen LogP contribution in [0.1, 0.15) is 32.1 Å². The molecule has 2 heterocycles. The highest BCUT2D eigenvalue weighted by Gasteiger charge is 2.23. The number of likely N-dealkylation sites (N-methyl/N-ethyl adjacent to an activating group) is 1. The number of hydrogen-bond donors (Lipinski definition) is 0. The number of benzene rings is 1. The van der Waals surface area contributed by atoms with Crippen LogP contribution in [0, 0.1) is 0 Å². The summed E-state index contributed by atoms with van der Waals surface area (Å²) in [5.41, 5.74) is 1.56. The van der Waals surface area contributed by atoms with Gasteiger partial charge >= 0.3 is 0 Å². The van der Waals surface area contributed by atoms with Gasteiger partial charge in [0, 0.05) is 29.9 Å². The van der Waals surface area contributed by atoms with Crippen molar-refractivity contribution in [3.8, 4) is 23.0 Å². The molecular formula is C21H23ClN4O2. The number of carbonyl (C=O) groups excluding carboxylic acids is 1. The third-order valence-corrected chi connectivity index (χ3v) is 5.65. The first-order valence-corrected chi connectivity index (χ1v) is 10.0. The fourth-order valence-electron chi connectivity index (χ4n) is 3.72. The van der Waals surface area contributed by atoms with Gasteiger partial charge in [-0.2, -0.15) is 4.98 Å². The number of nitrogens with zero attached hydrogens (tertiary/aromatic N) is 4. The van der Waals surface area contributed by atoms with Crippen molar-refractivity contribution in [3.05, 3.63) is 47.6 Å². The second-order valence-corrected chi connectivity index (χ2v) is 7.68. The zero-order valence-electron chi connectivity index (χ0n) is 15.8. The highest BCUT2D eigenvalue weighted by molar-refractivity contribution is 6.30. The summed E-state index contributed by atoms with van der Waals surface area (Å²) in [5.74, 6) is 0.981. The number of aromatic nitrogens is 3. The molecule has 1 fully saturated rings. The Morgan fingerprint density at radius 3 is 2.71 bits per heavy atom. The van der Waals surface area contributed by atoms with E-state index in [-0.39, 0.29) is 12.5 Å². The molecule has 1 saturated carbocycles. The summed E-state index contributed by atoms with van der Waals surface area (Å²) in [6, 6.07) is 11.4. The molecule has 0 radical (unpaired) electrons. The first-order valence-electron chi connectivity index (χ1n) is 9.62. The Morgan fingerprint density at radius 1 is 1.21 bits per heavy atom. The predicted octanol–water partition coefficient (Wildman–Crippen LogP) is 4.65. The predicted molar refractivity (Wildman–Crippen MR) is 108 cm³/mol. The Kier molecular flexibility index (Phi) is 5.48. The Morgan fingerprint density at radius 2 is 1.96 bits per heavy atom. The summed E-state index contributed by atoms with van der Waals surface area (Å²) < 4.78 is 7.31. The van der Waals surface area contributed by atoms with Crippen LogP contribution >= 0.6 is 11.6 Å². The minimum absolute atomic E-state index is 0.0989. The van der Waals surface area contributed by atoms with Crippen LogP contribution in [0.3, 0.4) is 0 Å². The lowest BCUT2D eigenvalue weighted by atomic mass is 9.94. The number of halogens is 1. The molecule has 1 aliphatic carbocycles. The maximum absolute atomic E-state index is 12.8. The van der Waals surface area contributed by atoms with Crippen molar-refractivity contribution in [1.82, 2.24) is 19.6 Å². The molecule has 2 aromatic heterocycles. The third-order valence-electron chi connectivity index (χ3n) is 5.40. The molecule has 0 saturated heterocycles. The average molecular weight is 399 g/mol. The van der Waals surface area contributed by atoms with E-state index in [9.17, 15) is 4.79 Å². The van der Waals surface area contributed by atoms with Crippen molar-refractivity contribution in [2.24, 2.45) is 0 Å². The molecule has 0 spiro atoms. The van der Waals surface area contributed by atoms with Crippen molar-refractivity contribution in [2.75, 3.05) is 7.05 Å². The van der Waals surface area contributed by atoms with Crippen LogP contribution < -0.4 is 0 Å². The molecule has 4 rings (SSSR count). The third kappa shape index (κ3) is 3.97. The number of rotatable bonds is 5. The summed E-state index contributed by atoms with van der Waals surface area (Å²) in [5, 5.41) is 4.72. The van der Waals surface area contributed by atoms with Crippen molar-refractivity contribution in [3.63, 3.8) is 0 Å². The van der Waals surface area contributed by atoms with Crippen molar-refractivity contribution in [1.29, 1.82) is 0 Å². The number of hydrogen-bond acceptors (Lipinski definition) is 4. The monoisotopic (exact) mass is 398 g/mol. The van der Waals surface area contributed by atoms with Gasteiger partial charge < -0.3 is 14.0 Å². The van der Waals surface area contributed by atoms with E-state index in [1.165, 1.54) is 19.3 Å². The molecule has 0 N–H and O–H groups in total. The van der Waals surface area contributed by atoms with Gasteiger partial charge in [-0.25, -0.2) is 0 Å². The van der Waals surface area contributed by atoms with E-state index in [0.717, 1.165) is 24.1 Å². The molecule has 1 aliphatic rings. The molecule has 146 valence electrons. The van der Waals surface area contributed by atoms with Gasteiger partial charge in [0.15, 0.2) is 0 Å². The largest absolute Gasteiger partial charge is 0.341 e. The average Bonchev–Trinajstić information content (AvgIpc) is 3.38. The van der Waals surface area contributed by atoms with Crippen LogP contribution in [0.15, 0.2) is 47.1 Å². The lowest BCUT2D eigenvalue weighted by Crippen LogP contribution is -2.40. The number of amides is 1. The number of carbonyl (C=O) groups is 1. The minimum Gasteiger partial charge on any atom is -0.341 e. The van der Waals surface area contributed by atoms with E-state index in [4.69, 9.17) is 16.1 Å². The van der Waals surface area contributed by atoms with Crippen LogP contribution in [0.4, 0.5) is 0 Å². The second kappa shape index (κ2) is 8.19. The van der Waals surface area contributed by atoms with Crippen molar-refractivity contribution >= 4 is 17.5 Å². The van der Waals surface area contributed by atoms with Gasteiger partial charge in [0.25, 0.3) is 5.89 Å². The lowest BCUT2D eigenvalue weighted by Gasteiger charge is -2.31. The molecule has 0 aliphatic heterocycles. The van der Waals surface area contributed by atoms with Gasteiger partial charge in [0.05, 0.1) is 0 Å². The Hall–Kier alpha value is -2.60. The smallest absolute Gasteiger partial charge is 0.274 e. The van der Waals surface area contributed by atoms with E-state index >= 15 is 0 Å². The Balaban J connectivity index is 1.50. The van der Waals surface area contributed by atoms with E-state index in [1.54, 1.807) is 12.1 Å². The molecule has 0 unspecified atom stereocenters. The van der Waals surface area contributed by atoms with Gasteiger partial charge in [-0.1, -0.05) is 36.0 Å². The summed E-state index contributed by atoms with van der Waals surface area (Å²) in [4.78, 5) is 19.2. The first kappa shape index (κ1) is 18.7. The van der Waals surface area contributed by atoms with E-state index < -0.39 is 0 Å². The first-order chi connectivity index (χ1) is 13.6. The topological polar surface area (TPSA) is 64.2 Å². The van der Waals surface area contributed by atoms with Gasteiger partial charge in [0.1, 0.15) is 12.2 Å². The van der Waals surface area contributed by atoms with Gasteiger partial charge in [-0.05, 0) is 49.2 Å². The Labute approximate surface area is 169 Å². The maximum Gasteiger partial charge on any atom is 0.274 e. The van der Waals surface area contributed by atoms with Crippen LogP contribution in [0.25, 0.3) is 23.0 Å². The van der Waals surface area contributed by atoms with Gasteiger partial charge in [-0.15, -0.1) is 0 Å². The van der Waals surface area contributed by atoms with E-state index in [1.807, 2.05) is 47.0 Å². The van der Waals surface area contributed by atoms with Crippen molar-refractivity contribution < 1.29 is 9.32 Å². The van der Waals surface area contributed by atoms with Crippen molar-refractivity contribution in [2.45, 2.75) is 44.7 Å². The highest BCUT2D eigenvalue weighted by atomic mass is 35.5. The van der Waals surface area contributed by atoms with E-state index in [0.29, 0.717) is 22.8 Å². The van der Waals surface area contributed by atoms with E-state index in [2.05, 4.69) is 10.1 Å². The fraction of sp³-hybridized carbons (Fsp3) is 0.381. The molecule has 28 heavy (non-hydrogen) atoms. The second-order valence-electron chi connectivity index (χ2n) is 7.25. The fourth-order valence-corrected chi connectivity index (χ4v) is 3.85. The summed E-state index contributed by atoms with van der Waals surface area (Å²) in [6.07, 6.45) is 7.73. The summed E-state index contributed by atoms with van der Waals surface area (Å²) in [6.45, 7) is 0.258. The lowest BCUT2D eigenvalue weighted by molar-refractivity contribution is -0.133. The normalized spacial score (nSPS) is 14.9. The quantitative estimate of drug-likeness (QED) is 0.627. The van der Waals surface area contributed by atoms with Crippen LogP contribution in [-0.2, 0) is 11.3 Å². The maximum atomic E-state index is 12.8. The Bertz CT molecular complexity index is 941. The molecule has 1 amide bonds. The minimum atomic E-state index is 0.0989. The molecule has 0 atom stereocenters. The SMILES string of the molecule is CN(C(=O)Cn1cccc1-c1nc(-c2ccc(Cl)cc2)no1)C1CCCCC1. The molecule has 7 heteroatoms. The van der Waals surface area contributed by atoms with Gasteiger partial charge in [0.2, 0.25) is 11.7 Å². The molecular weight excluding hydrogens is 376 g/mol. The molecule has 0 bridgehead atoms. The molecule has 6 nitrogen and oxygen atoms in total.